The Kier molecular flexibility index (Phi) is 19.8. The summed E-state index contributed by atoms with van der Waals surface area (Å²) in [6, 6.07) is 0. The molecule has 0 saturated carbocycles. The molecular weight excluding hydrogens is 393 g/mol. The molecule has 2 unspecified atom stereocenters. The molecule has 0 aliphatic heterocycles. The van der Waals surface area contributed by atoms with Crippen LogP contribution < -0.4 is 0 Å². The third kappa shape index (κ3) is 15.1. The third-order valence-electron chi connectivity index (χ3n) is 3.18. The van der Waals surface area contributed by atoms with E-state index in [1.807, 2.05) is 0 Å². The second kappa shape index (κ2) is 16.6. The predicted octanol–water partition coefficient (Wildman–Crippen LogP) is 5.24. The summed E-state index contributed by atoms with van der Waals surface area (Å²) in [7, 11) is -0.552. The summed E-state index contributed by atoms with van der Waals surface area (Å²) in [5, 5.41) is 0. The molecular formula is C14H31O2PS3Zn. The van der Waals surface area contributed by atoms with Crippen LogP contribution in [-0.2, 0) is 56.1 Å². The van der Waals surface area contributed by atoms with E-state index in [4.69, 9.17) is 27.5 Å². The second-order valence-electron chi connectivity index (χ2n) is 5.16. The van der Waals surface area contributed by atoms with Gasteiger partial charge in [0.1, 0.15) is 0 Å². The zero-order chi connectivity index (χ0) is 15.3. The minimum absolute atomic E-state index is 0. The van der Waals surface area contributed by atoms with Crippen LogP contribution in [0, 0.1) is 0 Å². The summed E-state index contributed by atoms with van der Waals surface area (Å²) in [6.45, 7) is 4.99. The van der Waals surface area contributed by atoms with Crippen LogP contribution >= 0.6 is 5.69 Å². The molecule has 1 N–H and O–H groups in total. The average Bonchev–Trinajstić information content (AvgIpc) is 2.42. The van der Waals surface area contributed by atoms with Crippen molar-refractivity contribution in [2.75, 3.05) is 12.4 Å². The molecule has 0 bridgehead atoms. The number of unbranched alkanes of at least 4 members (excludes halogenated alkanes) is 8. The normalized spacial score (nSPS) is 15.2. The molecule has 2 nitrogen and oxygen atoms in total. The van der Waals surface area contributed by atoms with Crippen molar-refractivity contribution in [3.63, 3.8) is 0 Å². The molecule has 0 aromatic rings. The number of hydrogen-bond donors (Lipinski definition) is 1. The van der Waals surface area contributed by atoms with E-state index >= 15 is 0 Å². The average molecular weight is 424 g/mol. The Hall–Kier alpha value is 1.76. The first-order valence-electron chi connectivity index (χ1n) is 7.91. The Morgan fingerprint density at radius 3 is 1.90 bits per heavy atom. The van der Waals surface area contributed by atoms with E-state index in [-0.39, 0.29) is 19.5 Å². The Bertz CT molecular complexity index is 304. The maximum Gasteiger partial charge on any atom is 0.248 e. The van der Waals surface area contributed by atoms with Crippen LogP contribution in [0.1, 0.15) is 78.1 Å². The maximum absolute atomic E-state index is 10.2. The van der Waals surface area contributed by atoms with Gasteiger partial charge in [-0.2, -0.15) is 0 Å². The molecule has 124 valence electrons. The molecule has 0 heterocycles. The molecule has 0 aliphatic rings. The fraction of sp³-hybridized carbons (Fsp3) is 1.00. The van der Waals surface area contributed by atoms with Gasteiger partial charge in [0, 0.05) is 25.2 Å². The molecule has 0 spiro atoms. The first-order chi connectivity index (χ1) is 9.54. The number of rotatable bonds is 14. The standard InChI is InChI=1S/C14H31O2PS3.Zn/c1-3-5-7-9-11-13-16-17(15,18)20(19)14-12-10-8-6-4-2;/h3-14H2,1-2H3,(H,15,18);. The number of hydrogen-bond acceptors (Lipinski definition) is 3. The topological polar surface area (TPSA) is 29.5 Å². The molecule has 0 aliphatic carbocycles. The minimum Gasteiger partial charge on any atom is -0.337 e. The first kappa shape index (κ1) is 25.0. The molecule has 0 rings (SSSR count). The van der Waals surface area contributed by atoms with Crippen molar-refractivity contribution < 1.29 is 28.9 Å². The zero-order valence-corrected chi connectivity index (χ0v) is 20.0. The van der Waals surface area contributed by atoms with E-state index in [0.29, 0.717) is 6.61 Å². The van der Waals surface area contributed by atoms with Gasteiger partial charge < -0.3 is 9.42 Å². The first-order valence-corrected chi connectivity index (χ1v) is 13.5. The van der Waals surface area contributed by atoms with Crippen LogP contribution in [0.4, 0.5) is 0 Å². The van der Waals surface area contributed by atoms with E-state index < -0.39 is 14.8 Å². The van der Waals surface area contributed by atoms with Gasteiger partial charge in [0.2, 0.25) is 5.69 Å². The van der Waals surface area contributed by atoms with Gasteiger partial charge >= 0.3 is 0 Å². The molecule has 2 atom stereocenters. The van der Waals surface area contributed by atoms with Crippen molar-refractivity contribution in [1.82, 2.24) is 0 Å². The van der Waals surface area contributed by atoms with Gasteiger partial charge in [0.05, 0.1) is 6.61 Å². The van der Waals surface area contributed by atoms with Gasteiger partial charge in [-0.1, -0.05) is 65.2 Å². The van der Waals surface area contributed by atoms with Crippen LogP contribution in [-0.4, -0.2) is 17.3 Å². The Labute approximate surface area is 156 Å². The van der Waals surface area contributed by atoms with Gasteiger partial charge in [-0.15, -0.1) is 0 Å². The Morgan fingerprint density at radius 1 is 0.905 bits per heavy atom. The van der Waals surface area contributed by atoms with E-state index in [2.05, 4.69) is 13.8 Å². The van der Waals surface area contributed by atoms with Gasteiger partial charge in [-0.05, 0) is 44.9 Å². The molecule has 0 radical (unpaired) electrons. The van der Waals surface area contributed by atoms with Crippen LogP contribution in [0.25, 0.3) is 0 Å². The fourth-order valence-corrected chi connectivity index (χ4v) is 6.34. The van der Waals surface area contributed by atoms with Crippen molar-refractivity contribution in [2.24, 2.45) is 0 Å². The molecule has 0 amide bonds. The second-order valence-corrected chi connectivity index (χ2v) is 14.3. The monoisotopic (exact) mass is 422 g/mol. The van der Waals surface area contributed by atoms with E-state index in [1.165, 1.54) is 44.9 Å². The van der Waals surface area contributed by atoms with Crippen molar-refractivity contribution in [3.8, 4) is 0 Å². The van der Waals surface area contributed by atoms with E-state index in [9.17, 15) is 4.89 Å². The zero-order valence-electron chi connectivity index (χ0n) is 13.7. The summed E-state index contributed by atoms with van der Waals surface area (Å²) in [5.74, 6) is 0.850. The van der Waals surface area contributed by atoms with Crippen LogP contribution in [0.3, 0.4) is 0 Å². The SMILES string of the molecule is CCCCCCCOP(O)(=S)S(=S)CCCCCCC.[Zn]. The minimum atomic E-state index is -2.72. The van der Waals surface area contributed by atoms with Crippen LogP contribution in [0.2, 0.25) is 0 Å². The van der Waals surface area contributed by atoms with Crippen molar-refractivity contribution in [3.05, 3.63) is 0 Å². The van der Waals surface area contributed by atoms with Gasteiger partial charge in [0.15, 0.2) is 0 Å². The molecule has 0 aromatic heterocycles. The van der Waals surface area contributed by atoms with Gasteiger partial charge in [0.25, 0.3) is 0 Å². The Balaban J connectivity index is 0. The van der Waals surface area contributed by atoms with Crippen LogP contribution in [0.5, 0.6) is 0 Å². The summed E-state index contributed by atoms with van der Waals surface area (Å²) < 4.78 is 5.54. The molecule has 0 saturated heterocycles. The summed E-state index contributed by atoms with van der Waals surface area (Å²) in [6.07, 6.45) is 12.0. The molecule has 21 heavy (non-hydrogen) atoms. The molecule has 0 fully saturated rings. The van der Waals surface area contributed by atoms with Crippen molar-refractivity contribution in [2.45, 2.75) is 78.1 Å². The van der Waals surface area contributed by atoms with Gasteiger partial charge in [-0.3, -0.25) is 0 Å². The van der Waals surface area contributed by atoms with E-state index in [1.54, 1.807) is 0 Å². The smallest absolute Gasteiger partial charge is 0.248 e. The molecule has 0 aromatic carbocycles. The largest absolute Gasteiger partial charge is 0.337 e. The van der Waals surface area contributed by atoms with Crippen molar-refractivity contribution >= 4 is 37.8 Å². The van der Waals surface area contributed by atoms with E-state index in [0.717, 1.165) is 25.0 Å². The van der Waals surface area contributed by atoms with Gasteiger partial charge in [-0.25, -0.2) is 0 Å². The Morgan fingerprint density at radius 2 is 1.38 bits per heavy atom. The molecule has 7 heteroatoms. The summed E-state index contributed by atoms with van der Waals surface area (Å²) in [4.78, 5) is 10.2. The third-order valence-corrected chi connectivity index (χ3v) is 12.4. The summed E-state index contributed by atoms with van der Waals surface area (Å²) in [5.41, 5.74) is -2.72. The van der Waals surface area contributed by atoms with Crippen molar-refractivity contribution in [1.29, 1.82) is 0 Å². The summed E-state index contributed by atoms with van der Waals surface area (Å²) >= 11 is 10.6. The fourth-order valence-electron chi connectivity index (χ4n) is 1.89. The quantitative estimate of drug-likeness (QED) is 0.235. The predicted molar refractivity (Wildman–Crippen MR) is 99.6 cm³/mol. The van der Waals surface area contributed by atoms with Crippen LogP contribution in [0.15, 0.2) is 0 Å². The maximum atomic E-state index is 10.2.